The van der Waals surface area contributed by atoms with E-state index in [1.165, 1.54) is 0 Å². The normalized spacial score (nSPS) is 20.3. The zero-order valence-electron chi connectivity index (χ0n) is 32.7. The largest absolute Gasteiger partial charge is 0.487 e. The van der Waals surface area contributed by atoms with Crippen LogP contribution in [0.15, 0.2) is 127 Å². The first kappa shape index (κ1) is 38.6. The molecular weight excluding hydrogens is 779 g/mol. The third-order valence-electron chi connectivity index (χ3n) is 11.6. The number of nitrogens with zero attached hydrogens (tertiary/aromatic N) is 2. The predicted octanol–water partition coefficient (Wildman–Crippen LogP) is 6.33. The Bertz CT molecular complexity index is 2930. The Morgan fingerprint density at radius 3 is 1.75 bits per heavy atom. The van der Waals surface area contributed by atoms with E-state index in [-0.39, 0.29) is 37.7 Å². The molecule has 1 fully saturated rings. The van der Waals surface area contributed by atoms with Crippen molar-refractivity contribution in [2.45, 2.75) is 50.5 Å². The minimum atomic E-state index is -1.73. The van der Waals surface area contributed by atoms with Gasteiger partial charge in [0.05, 0.1) is 46.4 Å². The van der Waals surface area contributed by atoms with Crippen molar-refractivity contribution in [2.24, 2.45) is 0 Å². The SMILES string of the molecule is O=C1c2c(c3c4cccc(OCc5ccccc5)c4n([C@@H]4O[C@H](CO)[C@@H](O)[C@H](O)[C@H]4O)c3c3[nH]c4c(OCc5ccccc5)cccc4c23)C(=O)N1COCc1ccccc1. The van der Waals surface area contributed by atoms with Crippen LogP contribution in [-0.4, -0.2) is 84.4 Å². The van der Waals surface area contributed by atoms with Crippen molar-refractivity contribution in [3.8, 4) is 11.5 Å². The Morgan fingerprint density at radius 2 is 1.13 bits per heavy atom. The van der Waals surface area contributed by atoms with E-state index in [4.69, 9.17) is 18.9 Å². The number of rotatable bonds is 12. The lowest BCUT2D eigenvalue weighted by Gasteiger charge is -2.41. The fourth-order valence-corrected chi connectivity index (χ4v) is 8.70. The van der Waals surface area contributed by atoms with Crippen LogP contribution in [-0.2, 0) is 29.3 Å². The topological polar surface area (TPSA) is 176 Å². The molecule has 2 aliphatic rings. The van der Waals surface area contributed by atoms with Gasteiger partial charge in [0.1, 0.15) is 55.9 Å². The van der Waals surface area contributed by atoms with Crippen LogP contribution in [0.25, 0.3) is 43.6 Å². The number of amides is 2. The highest BCUT2D eigenvalue weighted by Crippen LogP contribution is 2.50. The first-order chi connectivity index (χ1) is 29.8. The standard InChI is InChI=1S/C48H41N3O10/c52-22-34-43(53)44(54)45(55)48(61-34)51-41-31(19-11-21-33(41)60-25-29-16-8-3-9-17-29)36-38-37(46(56)50(47(38)57)26-58-23-27-12-4-1-5-13-27)35-30-18-10-20-32(39(30)49-40(35)42(36)51)59-24-28-14-6-2-7-15-28/h1-21,34,43-45,48-49,52-55H,22-26H2/t34-,43-,44+,45-,48-/m1/s1. The van der Waals surface area contributed by atoms with Crippen molar-refractivity contribution in [3.63, 3.8) is 0 Å². The number of H-pyrrole nitrogens is 1. The summed E-state index contributed by atoms with van der Waals surface area (Å²) in [6, 6.07) is 39.5. The van der Waals surface area contributed by atoms with E-state index in [1.54, 1.807) is 22.8 Å². The number of ether oxygens (including phenoxy) is 4. The number of hydrogen-bond acceptors (Lipinski definition) is 10. The van der Waals surface area contributed by atoms with Gasteiger partial charge in [-0.05, 0) is 28.8 Å². The van der Waals surface area contributed by atoms with Crippen LogP contribution in [0.3, 0.4) is 0 Å². The minimum Gasteiger partial charge on any atom is -0.487 e. The van der Waals surface area contributed by atoms with E-state index in [0.717, 1.165) is 21.6 Å². The second-order valence-electron chi connectivity index (χ2n) is 15.3. The Labute approximate surface area is 348 Å². The summed E-state index contributed by atoms with van der Waals surface area (Å²) < 4.78 is 26.9. The molecule has 0 aliphatic carbocycles. The smallest absolute Gasteiger partial charge is 0.264 e. The number of aliphatic hydroxyl groups excluding tert-OH is 4. The average Bonchev–Trinajstić information content (AvgIpc) is 3.93. The first-order valence-corrected chi connectivity index (χ1v) is 20.0. The maximum Gasteiger partial charge on any atom is 0.264 e. The molecule has 6 aromatic carbocycles. The van der Waals surface area contributed by atoms with Crippen molar-refractivity contribution in [1.29, 1.82) is 0 Å². The second kappa shape index (κ2) is 15.8. The van der Waals surface area contributed by atoms with E-state index in [0.29, 0.717) is 55.1 Å². The van der Waals surface area contributed by atoms with E-state index in [9.17, 15) is 30.0 Å². The lowest BCUT2D eigenvalue weighted by molar-refractivity contribution is -0.249. The van der Waals surface area contributed by atoms with Crippen molar-refractivity contribution >= 4 is 55.4 Å². The van der Waals surface area contributed by atoms with Crippen molar-refractivity contribution in [3.05, 3.63) is 155 Å². The van der Waals surface area contributed by atoms with Crippen LogP contribution in [0.2, 0.25) is 0 Å². The summed E-state index contributed by atoms with van der Waals surface area (Å²) in [4.78, 5) is 34.4. The van der Waals surface area contributed by atoms with Crippen LogP contribution in [0.1, 0.15) is 43.6 Å². The van der Waals surface area contributed by atoms with Gasteiger partial charge in [0.25, 0.3) is 11.8 Å². The van der Waals surface area contributed by atoms with Gasteiger partial charge in [-0.2, -0.15) is 0 Å². The molecule has 4 heterocycles. The highest BCUT2D eigenvalue weighted by molar-refractivity contribution is 6.39. The molecule has 5 N–H and O–H groups in total. The fourth-order valence-electron chi connectivity index (χ4n) is 8.70. The lowest BCUT2D eigenvalue weighted by atomic mass is 9.96. The second-order valence-corrected chi connectivity index (χ2v) is 15.3. The molecule has 2 aliphatic heterocycles. The van der Waals surface area contributed by atoms with Gasteiger partial charge in [0.2, 0.25) is 0 Å². The number of carbonyl (C=O) groups is 2. The molecule has 10 rings (SSSR count). The van der Waals surface area contributed by atoms with Gasteiger partial charge in [-0.1, -0.05) is 115 Å². The van der Waals surface area contributed by atoms with Gasteiger partial charge in [-0.15, -0.1) is 0 Å². The molecule has 0 unspecified atom stereocenters. The monoisotopic (exact) mass is 819 g/mol. The zero-order chi connectivity index (χ0) is 41.8. The molecule has 2 aromatic heterocycles. The number of aromatic amines is 1. The van der Waals surface area contributed by atoms with Crippen LogP contribution in [0.4, 0.5) is 0 Å². The minimum absolute atomic E-state index is 0.112. The number of benzene rings is 6. The molecule has 13 heteroatoms. The first-order valence-electron chi connectivity index (χ1n) is 20.0. The molecule has 5 atom stereocenters. The predicted molar refractivity (Wildman–Crippen MR) is 226 cm³/mol. The van der Waals surface area contributed by atoms with Crippen molar-refractivity contribution in [2.75, 3.05) is 13.3 Å². The lowest BCUT2D eigenvalue weighted by Crippen LogP contribution is -2.56. The van der Waals surface area contributed by atoms with Gasteiger partial charge >= 0.3 is 0 Å². The molecule has 0 spiro atoms. The number of carbonyl (C=O) groups excluding carboxylic acids is 2. The maximum absolute atomic E-state index is 14.9. The number of aliphatic hydroxyl groups is 4. The Balaban J connectivity index is 1.25. The van der Waals surface area contributed by atoms with Crippen LogP contribution >= 0.6 is 0 Å². The third-order valence-corrected chi connectivity index (χ3v) is 11.6. The molecule has 13 nitrogen and oxygen atoms in total. The van der Waals surface area contributed by atoms with Gasteiger partial charge in [0, 0.05) is 21.5 Å². The molecule has 8 aromatic rings. The highest BCUT2D eigenvalue weighted by Gasteiger charge is 2.47. The molecule has 0 bridgehead atoms. The van der Waals surface area contributed by atoms with Crippen LogP contribution in [0.5, 0.6) is 11.5 Å². The van der Waals surface area contributed by atoms with Gasteiger partial charge in [-0.25, -0.2) is 4.90 Å². The quantitative estimate of drug-likeness (QED) is 0.0877. The van der Waals surface area contributed by atoms with Gasteiger partial charge < -0.3 is 48.9 Å². The molecule has 61 heavy (non-hydrogen) atoms. The number of nitrogens with one attached hydrogen (secondary N) is 1. The fraction of sp³-hybridized carbons (Fsp3) is 0.208. The number of para-hydroxylation sites is 2. The number of fused-ring (bicyclic) bond motifs is 10. The summed E-state index contributed by atoms with van der Waals surface area (Å²) in [5.41, 5.74) is 4.65. The van der Waals surface area contributed by atoms with E-state index in [2.05, 4.69) is 4.98 Å². The van der Waals surface area contributed by atoms with Crippen molar-refractivity contribution in [1.82, 2.24) is 14.5 Å². The summed E-state index contributed by atoms with van der Waals surface area (Å²) in [6.07, 6.45) is -7.79. The molecular formula is C48H41N3O10. The summed E-state index contributed by atoms with van der Waals surface area (Å²) >= 11 is 0. The van der Waals surface area contributed by atoms with E-state index >= 15 is 0 Å². The summed E-state index contributed by atoms with van der Waals surface area (Å²) in [6.45, 7) is -0.427. The number of imide groups is 1. The highest BCUT2D eigenvalue weighted by atomic mass is 16.6. The average molecular weight is 820 g/mol. The Hall–Kier alpha value is -6.58. The molecule has 308 valence electrons. The molecule has 0 saturated carbocycles. The van der Waals surface area contributed by atoms with Crippen LogP contribution < -0.4 is 9.47 Å². The Kier molecular flexibility index (Phi) is 9.99. The van der Waals surface area contributed by atoms with Crippen molar-refractivity contribution < 1.29 is 49.0 Å². The van der Waals surface area contributed by atoms with E-state index in [1.807, 2.05) is 109 Å². The summed E-state index contributed by atoms with van der Waals surface area (Å²) in [5, 5.41) is 46.1. The Morgan fingerprint density at radius 1 is 0.574 bits per heavy atom. The molecule has 1 saturated heterocycles. The van der Waals surface area contributed by atoms with Gasteiger partial charge in [-0.3, -0.25) is 9.59 Å². The zero-order valence-corrected chi connectivity index (χ0v) is 32.7. The molecule has 0 radical (unpaired) electrons. The summed E-state index contributed by atoms with van der Waals surface area (Å²) in [7, 11) is 0. The van der Waals surface area contributed by atoms with E-state index < -0.39 is 49.1 Å². The number of hydrogen-bond donors (Lipinski definition) is 5. The number of aromatic nitrogens is 2. The van der Waals surface area contributed by atoms with Gasteiger partial charge in [0.15, 0.2) is 6.23 Å². The van der Waals surface area contributed by atoms with Crippen LogP contribution in [0, 0.1) is 0 Å². The molecule has 2 amide bonds. The maximum atomic E-state index is 14.9. The third kappa shape index (κ3) is 6.50. The summed E-state index contributed by atoms with van der Waals surface area (Å²) in [5.74, 6) is -0.308.